The molecule has 11 nitrogen and oxygen atoms in total. The SMILES string of the molecule is CCCCOC(=O)COc1cc(Nc2ncnc3[nH]cc(CN(C)CCCNC)c23)ccc1OCC1CCN(Cc2ccccc2)CC1. The number of unbranched alkanes of at least 4 members (excludes halogenated alkanes) is 1. The normalized spacial score (nSPS) is 14.0. The molecule has 5 rings (SSSR count). The number of carbonyl (C=O) groups is 1. The highest BCUT2D eigenvalue weighted by Crippen LogP contribution is 2.34. The summed E-state index contributed by atoms with van der Waals surface area (Å²) in [5.41, 5.74) is 3.99. The van der Waals surface area contributed by atoms with E-state index in [4.69, 9.17) is 14.2 Å². The third kappa shape index (κ3) is 10.4. The van der Waals surface area contributed by atoms with Crippen LogP contribution in [0.25, 0.3) is 11.0 Å². The van der Waals surface area contributed by atoms with E-state index in [0.717, 1.165) is 93.7 Å². The summed E-state index contributed by atoms with van der Waals surface area (Å²) in [6.45, 7) is 8.61. The third-order valence-corrected chi connectivity index (χ3v) is 8.70. The van der Waals surface area contributed by atoms with Gasteiger partial charge in [0, 0.05) is 31.0 Å². The number of piperidine rings is 1. The molecule has 0 spiro atoms. The number of anilines is 2. The Hall–Kier alpha value is -4.19. The Labute approximate surface area is 284 Å². The number of carbonyl (C=O) groups excluding carboxylic acids is 1. The molecule has 1 aliphatic rings. The second kappa shape index (κ2) is 18.4. The van der Waals surface area contributed by atoms with Crippen LogP contribution in [0.5, 0.6) is 11.5 Å². The van der Waals surface area contributed by atoms with Crippen molar-refractivity contribution in [1.82, 2.24) is 30.1 Å². The lowest BCUT2D eigenvalue weighted by Gasteiger charge is -2.32. The topological polar surface area (TPSA) is 117 Å². The Kier molecular flexibility index (Phi) is 13.4. The Morgan fingerprint density at radius 2 is 1.90 bits per heavy atom. The van der Waals surface area contributed by atoms with Gasteiger partial charge in [0.2, 0.25) is 0 Å². The number of fused-ring (bicyclic) bond motifs is 1. The third-order valence-electron chi connectivity index (χ3n) is 8.70. The largest absolute Gasteiger partial charge is 0.489 e. The number of esters is 1. The number of hydrogen-bond acceptors (Lipinski definition) is 10. The molecule has 0 amide bonds. The predicted molar refractivity (Wildman–Crippen MR) is 190 cm³/mol. The van der Waals surface area contributed by atoms with Gasteiger partial charge < -0.3 is 34.7 Å². The number of benzene rings is 2. The second-order valence-corrected chi connectivity index (χ2v) is 12.6. The zero-order valence-corrected chi connectivity index (χ0v) is 28.7. The van der Waals surface area contributed by atoms with Crippen molar-refractivity contribution in [2.75, 3.05) is 65.4 Å². The molecule has 48 heavy (non-hydrogen) atoms. The fraction of sp³-hybridized carbons (Fsp3) is 0.486. The summed E-state index contributed by atoms with van der Waals surface area (Å²) < 4.78 is 17.7. The Morgan fingerprint density at radius 1 is 1.06 bits per heavy atom. The monoisotopic (exact) mass is 657 g/mol. The van der Waals surface area contributed by atoms with Crippen LogP contribution in [0.1, 0.15) is 50.2 Å². The van der Waals surface area contributed by atoms with E-state index in [1.54, 1.807) is 6.33 Å². The van der Waals surface area contributed by atoms with E-state index in [-0.39, 0.29) is 6.61 Å². The van der Waals surface area contributed by atoms with Gasteiger partial charge in [0.15, 0.2) is 18.1 Å². The smallest absolute Gasteiger partial charge is 0.344 e. The van der Waals surface area contributed by atoms with Gasteiger partial charge in [-0.3, -0.25) is 4.90 Å². The van der Waals surface area contributed by atoms with Gasteiger partial charge >= 0.3 is 5.97 Å². The van der Waals surface area contributed by atoms with E-state index in [0.29, 0.717) is 36.4 Å². The van der Waals surface area contributed by atoms with E-state index in [1.807, 2.05) is 31.4 Å². The average Bonchev–Trinajstić information content (AvgIpc) is 3.51. The first-order chi connectivity index (χ1) is 23.5. The van der Waals surface area contributed by atoms with Crippen LogP contribution in [0.15, 0.2) is 61.1 Å². The van der Waals surface area contributed by atoms with E-state index in [2.05, 4.69) is 79.7 Å². The van der Waals surface area contributed by atoms with Crippen molar-refractivity contribution in [2.45, 2.75) is 52.1 Å². The minimum absolute atomic E-state index is 0.193. The van der Waals surface area contributed by atoms with Crippen LogP contribution in [0.3, 0.4) is 0 Å². The summed E-state index contributed by atoms with van der Waals surface area (Å²) in [5, 5.41) is 7.62. The molecule has 0 bridgehead atoms. The quantitative estimate of drug-likeness (QED) is 0.0850. The zero-order valence-electron chi connectivity index (χ0n) is 28.7. The molecule has 258 valence electrons. The molecular formula is C37H51N7O4. The first-order valence-electron chi connectivity index (χ1n) is 17.2. The molecule has 1 fully saturated rings. The van der Waals surface area contributed by atoms with Crippen LogP contribution in [0, 0.1) is 5.92 Å². The Balaban J connectivity index is 1.26. The molecule has 2 aromatic heterocycles. The minimum atomic E-state index is -0.396. The fourth-order valence-electron chi connectivity index (χ4n) is 5.97. The fourth-order valence-corrected chi connectivity index (χ4v) is 5.97. The number of rotatable bonds is 19. The van der Waals surface area contributed by atoms with Gasteiger partial charge in [-0.1, -0.05) is 43.7 Å². The lowest BCUT2D eigenvalue weighted by molar-refractivity contribution is -0.146. The summed E-state index contributed by atoms with van der Waals surface area (Å²) in [6.07, 6.45) is 8.53. The number of H-pyrrole nitrogens is 1. The molecule has 0 saturated carbocycles. The van der Waals surface area contributed by atoms with Gasteiger partial charge in [0.05, 0.1) is 18.6 Å². The Morgan fingerprint density at radius 3 is 2.69 bits per heavy atom. The lowest BCUT2D eigenvalue weighted by atomic mass is 9.97. The summed E-state index contributed by atoms with van der Waals surface area (Å²) in [7, 11) is 4.09. The van der Waals surface area contributed by atoms with Crippen LogP contribution in [-0.4, -0.2) is 90.8 Å². The molecule has 11 heteroatoms. The zero-order chi connectivity index (χ0) is 33.6. The molecule has 0 aliphatic carbocycles. The molecule has 1 saturated heterocycles. The molecule has 3 heterocycles. The molecule has 4 aromatic rings. The molecule has 2 aromatic carbocycles. The first kappa shape index (κ1) is 35.1. The summed E-state index contributed by atoms with van der Waals surface area (Å²) in [4.78, 5) is 29.6. The standard InChI is InChI=1S/C37H51N7O4/c1-4-5-20-46-34(45)26-48-33-21-31(42-37-35-30(22-39-36(35)40-27-41-37)24-43(3)17-9-16-38-2)12-13-32(33)47-25-29-14-18-44(19-15-29)23-28-10-7-6-8-11-28/h6-8,10-13,21-22,27,29,38H,4-5,9,14-20,23-26H2,1-3H3,(H2,39,40,41,42). The summed E-state index contributed by atoms with van der Waals surface area (Å²) in [6, 6.07) is 16.3. The van der Waals surface area contributed by atoms with Gasteiger partial charge in [-0.05, 0) is 95.1 Å². The van der Waals surface area contributed by atoms with Gasteiger partial charge in [0.25, 0.3) is 0 Å². The summed E-state index contributed by atoms with van der Waals surface area (Å²) >= 11 is 0. The number of likely N-dealkylation sites (tertiary alicyclic amines) is 1. The van der Waals surface area contributed by atoms with Crippen molar-refractivity contribution in [2.24, 2.45) is 5.92 Å². The molecule has 1 aliphatic heterocycles. The highest BCUT2D eigenvalue weighted by molar-refractivity contribution is 5.92. The maximum absolute atomic E-state index is 12.4. The van der Waals surface area contributed by atoms with Crippen molar-refractivity contribution >= 4 is 28.5 Å². The van der Waals surface area contributed by atoms with Gasteiger partial charge in [-0.25, -0.2) is 14.8 Å². The number of aromatic nitrogens is 3. The predicted octanol–water partition coefficient (Wildman–Crippen LogP) is 5.76. The van der Waals surface area contributed by atoms with Crippen LogP contribution >= 0.6 is 0 Å². The van der Waals surface area contributed by atoms with Crippen LogP contribution < -0.4 is 20.1 Å². The van der Waals surface area contributed by atoms with Crippen molar-refractivity contribution in [3.05, 3.63) is 72.2 Å². The van der Waals surface area contributed by atoms with Crippen molar-refractivity contribution in [3.8, 4) is 11.5 Å². The Bertz CT molecular complexity index is 1560. The molecule has 3 N–H and O–H groups in total. The second-order valence-electron chi connectivity index (χ2n) is 12.6. The van der Waals surface area contributed by atoms with E-state index in [9.17, 15) is 4.79 Å². The number of nitrogens with one attached hydrogen (secondary N) is 3. The van der Waals surface area contributed by atoms with E-state index in [1.165, 1.54) is 5.56 Å². The van der Waals surface area contributed by atoms with Crippen molar-refractivity contribution < 1.29 is 19.0 Å². The van der Waals surface area contributed by atoms with Crippen LogP contribution in [0.4, 0.5) is 11.5 Å². The molecular weight excluding hydrogens is 606 g/mol. The minimum Gasteiger partial charge on any atom is -0.489 e. The maximum atomic E-state index is 12.4. The van der Waals surface area contributed by atoms with E-state index >= 15 is 0 Å². The van der Waals surface area contributed by atoms with Crippen molar-refractivity contribution in [1.29, 1.82) is 0 Å². The highest BCUT2D eigenvalue weighted by Gasteiger charge is 2.21. The lowest BCUT2D eigenvalue weighted by Crippen LogP contribution is -2.35. The van der Waals surface area contributed by atoms with Gasteiger partial charge in [0.1, 0.15) is 17.8 Å². The van der Waals surface area contributed by atoms with Gasteiger partial charge in [-0.15, -0.1) is 0 Å². The number of ether oxygens (including phenoxy) is 3. The summed E-state index contributed by atoms with van der Waals surface area (Å²) in [5.74, 6) is 1.83. The van der Waals surface area contributed by atoms with Crippen molar-refractivity contribution in [3.63, 3.8) is 0 Å². The first-order valence-corrected chi connectivity index (χ1v) is 17.2. The number of hydrogen-bond donors (Lipinski definition) is 3. The highest BCUT2D eigenvalue weighted by atomic mass is 16.6. The average molecular weight is 658 g/mol. The number of aromatic amines is 1. The van der Waals surface area contributed by atoms with Crippen LogP contribution in [-0.2, 0) is 22.6 Å². The van der Waals surface area contributed by atoms with Crippen LogP contribution in [0.2, 0.25) is 0 Å². The van der Waals surface area contributed by atoms with Gasteiger partial charge in [-0.2, -0.15) is 0 Å². The van der Waals surface area contributed by atoms with E-state index < -0.39 is 5.97 Å². The molecule has 0 atom stereocenters. The maximum Gasteiger partial charge on any atom is 0.344 e. The number of nitrogens with zero attached hydrogens (tertiary/aromatic N) is 4. The molecule has 0 radical (unpaired) electrons. The molecule has 0 unspecified atom stereocenters.